The van der Waals surface area contributed by atoms with Gasteiger partial charge >= 0.3 is 0 Å². The Morgan fingerprint density at radius 1 is 0.887 bits per heavy atom. The molecule has 272 valence electrons. The Bertz CT molecular complexity index is 2170. The smallest absolute Gasteiger partial charge is 0.270 e. The minimum atomic E-state index is -1.39. The molecule has 53 heavy (non-hydrogen) atoms. The van der Waals surface area contributed by atoms with Gasteiger partial charge in [0.05, 0.1) is 30.7 Å². The van der Waals surface area contributed by atoms with Crippen molar-refractivity contribution in [2.24, 2.45) is 0 Å². The SMILES string of the molecule is COc1ccc(C#Cc2cccc(-c3nc(C(=O)NCc4ccc(Oc5ccccc5)cc4)cc4c3[C@@H](CCO)N([S@](=O)C(C)(C)C)C4)c2)cc1OC. The van der Waals surface area contributed by atoms with Gasteiger partial charge in [-0.25, -0.2) is 13.5 Å². The fraction of sp³-hybridized carbons (Fsp3) is 0.256. The van der Waals surface area contributed by atoms with Gasteiger partial charge in [-0.1, -0.05) is 54.3 Å². The maximum atomic E-state index is 13.8. The third kappa shape index (κ3) is 8.78. The molecule has 0 saturated heterocycles. The van der Waals surface area contributed by atoms with Crippen LogP contribution in [0.3, 0.4) is 0 Å². The van der Waals surface area contributed by atoms with Crippen molar-refractivity contribution in [3.05, 3.63) is 137 Å². The number of aliphatic hydroxyl groups is 1. The first-order valence-corrected chi connectivity index (χ1v) is 18.5. The molecule has 0 saturated carbocycles. The van der Waals surface area contributed by atoms with Crippen molar-refractivity contribution in [3.8, 4) is 46.1 Å². The van der Waals surface area contributed by atoms with Gasteiger partial charge in [-0.05, 0) is 99.0 Å². The number of carbonyl (C=O) groups is 1. The molecule has 0 aliphatic carbocycles. The van der Waals surface area contributed by atoms with Crippen molar-refractivity contribution in [2.45, 2.75) is 51.1 Å². The fourth-order valence-corrected chi connectivity index (χ4v) is 7.58. The Balaban J connectivity index is 1.32. The fourth-order valence-electron chi connectivity index (χ4n) is 6.18. The van der Waals surface area contributed by atoms with Gasteiger partial charge in [0, 0.05) is 42.0 Å². The number of carbonyl (C=O) groups excluding carboxylic acids is 1. The summed E-state index contributed by atoms with van der Waals surface area (Å²) in [6.45, 7) is 6.33. The van der Waals surface area contributed by atoms with Crippen molar-refractivity contribution in [1.29, 1.82) is 0 Å². The van der Waals surface area contributed by atoms with Gasteiger partial charge in [-0.15, -0.1) is 0 Å². The van der Waals surface area contributed by atoms with Gasteiger partial charge in [-0.2, -0.15) is 0 Å². The van der Waals surface area contributed by atoms with Crippen molar-refractivity contribution < 1.29 is 28.3 Å². The molecular formula is C43H43N3O6S. The zero-order valence-corrected chi connectivity index (χ0v) is 31.3. The zero-order valence-electron chi connectivity index (χ0n) is 30.5. The normalized spacial score (nSPS) is 14.4. The second-order valence-corrected chi connectivity index (χ2v) is 15.7. The lowest BCUT2D eigenvalue weighted by Gasteiger charge is -2.30. The first kappa shape index (κ1) is 37.3. The highest BCUT2D eigenvalue weighted by Crippen LogP contribution is 2.44. The number of ether oxygens (including phenoxy) is 3. The Hall–Kier alpha value is -5.47. The molecule has 1 aromatic heterocycles. The molecule has 0 fully saturated rings. The largest absolute Gasteiger partial charge is 0.493 e. The summed E-state index contributed by atoms with van der Waals surface area (Å²) in [5.74, 6) is 8.76. The molecule has 0 spiro atoms. The van der Waals surface area contributed by atoms with Crippen LogP contribution in [-0.2, 0) is 24.1 Å². The summed E-state index contributed by atoms with van der Waals surface area (Å²) in [5.41, 5.74) is 5.70. The van der Waals surface area contributed by atoms with Crippen molar-refractivity contribution in [3.63, 3.8) is 0 Å². The monoisotopic (exact) mass is 729 g/mol. The number of hydrogen-bond donors (Lipinski definition) is 2. The van der Waals surface area contributed by atoms with Crippen molar-refractivity contribution in [1.82, 2.24) is 14.6 Å². The quantitative estimate of drug-likeness (QED) is 0.135. The van der Waals surface area contributed by atoms with E-state index in [1.165, 1.54) is 0 Å². The summed E-state index contributed by atoms with van der Waals surface area (Å²) in [4.78, 5) is 18.7. The molecule has 1 amide bonds. The van der Waals surface area contributed by atoms with Crippen LogP contribution in [0.15, 0.2) is 103 Å². The second-order valence-electron chi connectivity index (χ2n) is 13.5. The number of hydrogen-bond acceptors (Lipinski definition) is 7. The molecule has 4 aromatic carbocycles. The Kier molecular flexibility index (Phi) is 11.6. The number of aliphatic hydroxyl groups excluding tert-OH is 1. The third-order valence-electron chi connectivity index (χ3n) is 8.75. The molecule has 0 bridgehead atoms. The Morgan fingerprint density at radius 2 is 1.58 bits per heavy atom. The second kappa shape index (κ2) is 16.5. The van der Waals surface area contributed by atoms with Gasteiger partial charge in [0.2, 0.25) is 0 Å². The predicted molar refractivity (Wildman–Crippen MR) is 207 cm³/mol. The van der Waals surface area contributed by atoms with Crippen LogP contribution >= 0.6 is 0 Å². The average Bonchev–Trinajstić information content (AvgIpc) is 3.54. The molecule has 9 nitrogen and oxygen atoms in total. The molecule has 0 radical (unpaired) electrons. The highest BCUT2D eigenvalue weighted by molar-refractivity contribution is 7.84. The minimum Gasteiger partial charge on any atom is -0.493 e. The maximum absolute atomic E-state index is 13.8. The average molecular weight is 730 g/mol. The summed E-state index contributed by atoms with van der Waals surface area (Å²) >= 11 is 0. The summed E-state index contributed by atoms with van der Waals surface area (Å²) < 4.78 is 31.9. The molecular weight excluding hydrogens is 687 g/mol. The summed E-state index contributed by atoms with van der Waals surface area (Å²) in [5, 5.41) is 13.2. The van der Waals surface area contributed by atoms with E-state index in [1.54, 1.807) is 20.3 Å². The minimum absolute atomic E-state index is 0.102. The lowest BCUT2D eigenvalue weighted by Crippen LogP contribution is -2.36. The molecule has 2 N–H and O–H groups in total. The lowest BCUT2D eigenvalue weighted by molar-refractivity contribution is 0.0946. The zero-order chi connectivity index (χ0) is 37.5. The number of fused-ring (bicyclic) bond motifs is 1. The molecule has 2 heterocycles. The molecule has 10 heteroatoms. The van der Waals surface area contributed by atoms with Crippen LogP contribution in [0.25, 0.3) is 11.3 Å². The number of benzene rings is 4. The van der Waals surface area contributed by atoms with Crippen LogP contribution < -0.4 is 19.5 Å². The number of aromatic nitrogens is 1. The van der Waals surface area contributed by atoms with Gasteiger partial charge < -0.3 is 24.6 Å². The van der Waals surface area contributed by atoms with Crippen LogP contribution in [0.4, 0.5) is 0 Å². The number of nitrogens with one attached hydrogen (secondary N) is 1. The van der Waals surface area contributed by atoms with E-state index in [1.807, 2.05) is 122 Å². The van der Waals surface area contributed by atoms with E-state index in [2.05, 4.69) is 17.2 Å². The van der Waals surface area contributed by atoms with Crippen molar-refractivity contribution >= 4 is 16.9 Å². The summed E-state index contributed by atoms with van der Waals surface area (Å²) in [7, 11) is 1.78. The van der Waals surface area contributed by atoms with E-state index < -0.39 is 15.7 Å². The number of pyridine rings is 1. The number of rotatable bonds is 11. The first-order chi connectivity index (χ1) is 25.6. The van der Waals surface area contributed by atoms with Crippen LogP contribution in [-0.4, -0.2) is 50.1 Å². The number of methoxy groups -OCH3 is 2. The Morgan fingerprint density at radius 3 is 2.26 bits per heavy atom. The van der Waals surface area contributed by atoms with Gasteiger partial charge in [0.1, 0.15) is 28.2 Å². The summed E-state index contributed by atoms with van der Waals surface area (Å²) in [6, 6.07) is 31.7. The number of amides is 1. The van der Waals surface area contributed by atoms with Crippen LogP contribution in [0.1, 0.15) is 71.5 Å². The van der Waals surface area contributed by atoms with E-state index in [9.17, 15) is 14.1 Å². The molecule has 1 aliphatic rings. The molecule has 6 rings (SSSR count). The number of nitrogens with zero attached hydrogens (tertiary/aromatic N) is 2. The Labute approximate surface area is 313 Å². The van der Waals surface area contributed by atoms with E-state index in [0.29, 0.717) is 35.9 Å². The van der Waals surface area contributed by atoms with E-state index >= 15 is 0 Å². The standard InChI is InChI=1S/C43H43N3O6S/c1-43(2,3)53(49)46-28-33-26-36(42(48)44-27-31-16-19-35(20-17-31)52-34-12-7-6-8-13-34)45-41(40(33)37(46)22-23-47)32-11-9-10-29(24-32)14-15-30-18-21-38(50-4)39(25-30)51-5/h6-13,16-21,24-26,37,47H,22-23,27-28H2,1-5H3,(H,44,48)/t37-,53-/m1/s1. The highest BCUT2D eigenvalue weighted by Gasteiger charge is 2.40. The van der Waals surface area contributed by atoms with Crippen LogP contribution in [0.5, 0.6) is 23.0 Å². The summed E-state index contributed by atoms with van der Waals surface area (Å²) in [6.07, 6.45) is 0.359. The third-order valence-corrected chi connectivity index (χ3v) is 10.6. The van der Waals surface area contributed by atoms with Gasteiger partial charge in [0.15, 0.2) is 11.5 Å². The van der Waals surface area contributed by atoms with Crippen LogP contribution in [0.2, 0.25) is 0 Å². The number of para-hydroxylation sites is 1. The topological polar surface area (TPSA) is 110 Å². The molecule has 5 aromatic rings. The highest BCUT2D eigenvalue weighted by atomic mass is 32.2. The van der Waals surface area contributed by atoms with Crippen LogP contribution in [0, 0.1) is 11.8 Å². The van der Waals surface area contributed by atoms with E-state index in [4.69, 9.17) is 19.2 Å². The molecule has 1 aliphatic heterocycles. The first-order valence-electron chi connectivity index (χ1n) is 17.4. The predicted octanol–water partition coefficient (Wildman–Crippen LogP) is 7.59. The van der Waals surface area contributed by atoms with Gasteiger partial charge in [0.25, 0.3) is 5.91 Å². The maximum Gasteiger partial charge on any atom is 0.270 e. The van der Waals surface area contributed by atoms with E-state index in [-0.39, 0.29) is 30.8 Å². The molecule has 2 atom stereocenters. The lowest BCUT2D eigenvalue weighted by atomic mass is 9.95. The van der Waals surface area contributed by atoms with E-state index in [0.717, 1.165) is 39.1 Å². The molecule has 0 unspecified atom stereocenters. The van der Waals surface area contributed by atoms with Gasteiger partial charge in [-0.3, -0.25) is 4.79 Å². The van der Waals surface area contributed by atoms with Crippen molar-refractivity contribution in [2.75, 3.05) is 20.8 Å².